The van der Waals surface area contributed by atoms with Crippen LogP contribution in [0.15, 0.2) is 39.4 Å². The third kappa shape index (κ3) is 2.40. The van der Waals surface area contributed by atoms with Crippen molar-refractivity contribution in [2.75, 3.05) is 0 Å². The van der Waals surface area contributed by atoms with Crippen LogP contribution < -0.4 is 0 Å². The minimum atomic E-state index is -1.33. The number of nitrogens with zero attached hydrogens (tertiary/aromatic N) is 1. The Hall–Kier alpha value is -2.28. The molecule has 7 heteroatoms. The largest absolute Gasteiger partial charge is 0.478 e. The highest BCUT2D eigenvalue weighted by molar-refractivity contribution is 9.10. The maximum Gasteiger partial charge on any atom is 0.336 e. The van der Waals surface area contributed by atoms with E-state index in [1.54, 1.807) is 12.1 Å². The zero-order valence-electron chi connectivity index (χ0n) is 10.2. The number of rotatable bonds is 2. The molecule has 0 saturated heterocycles. The van der Waals surface area contributed by atoms with Crippen LogP contribution in [0.25, 0.3) is 22.4 Å². The molecular formula is C14H6BrF2NO3. The lowest BCUT2D eigenvalue weighted by atomic mass is 10.1. The highest BCUT2D eigenvalue weighted by Gasteiger charge is 2.18. The van der Waals surface area contributed by atoms with Gasteiger partial charge in [-0.2, -0.15) is 0 Å². The molecule has 1 aromatic carbocycles. The van der Waals surface area contributed by atoms with Crippen molar-refractivity contribution in [2.45, 2.75) is 0 Å². The van der Waals surface area contributed by atoms with Crippen molar-refractivity contribution in [1.82, 2.24) is 4.98 Å². The van der Waals surface area contributed by atoms with Crippen LogP contribution in [0.4, 0.5) is 8.78 Å². The van der Waals surface area contributed by atoms with E-state index in [-0.39, 0.29) is 27.9 Å². The Morgan fingerprint density at radius 2 is 2.00 bits per heavy atom. The number of carboxylic acid groups (broad SMARTS) is 1. The summed E-state index contributed by atoms with van der Waals surface area (Å²) in [7, 11) is 0. The van der Waals surface area contributed by atoms with Crippen molar-refractivity contribution in [2.24, 2.45) is 0 Å². The number of pyridine rings is 1. The maximum atomic E-state index is 13.8. The van der Waals surface area contributed by atoms with Gasteiger partial charge >= 0.3 is 5.97 Å². The lowest BCUT2D eigenvalue weighted by molar-refractivity contribution is 0.0698. The van der Waals surface area contributed by atoms with Gasteiger partial charge in [-0.05, 0) is 34.1 Å². The predicted molar refractivity (Wildman–Crippen MR) is 74.0 cm³/mol. The summed E-state index contributed by atoms with van der Waals surface area (Å²) in [4.78, 5) is 15.4. The second-order valence-electron chi connectivity index (χ2n) is 4.25. The summed E-state index contributed by atoms with van der Waals surface area (Å²) in [6.45, 7) is 0. The predicted octanol–water partition coefficient (Wildman–Crippen LogP) is 4.23. The first kappa shape index (κ1) is 13.7. The fraction of sp³-hybridized carbons (Fsp3) is 0. The van der Waals surface area contributed by atoms with Gasteiger partial charge in [0.15, 0.2) is 10.4 Å². The number of hydrogen-bond donors (Lipinski definition) is 1. The molecule has 0 saturated carbocycles. The SMILES string of the molecule is O=C(O)c1cc(-c2ccc(Br)o2)nc2cc(F)cc(F)c12. The zero-order chi connectivity index (χ0) is 15.1. The van der Waals surface area contributed by atoms with Crippen LogP contribution in [-0.2, 0) is 0 Å². The summed E-state index contributed by atoms with van der Waals surface area (Å²) >= 11 is 3.12. The van der Waals surface area contributed by atoms with Gasteiger partial charge in [0, 0.05) is 12.1 Å². The molecule has 1 N–H and O–H groups in total. The summed E-state index contributed by atoms with van der Waals surface area (Å²) in [6.07, 6.45) is 0. The lowest BCUT2D eigenvalue weighted by Crippen LogP contribution is -2.02. The topological polar surface area (TPSA) is 63.3 Å². The number of carbonyl (C=O) groups is 1. The minimum Gasteiger partial charge on any atom is -0.478 e. The van der Waals surface area contributed by atoms with Crippen molar-refractivity contribution in [3.8, 4) is 11.5 Å². The molecule has 0 spiro atoms. The molecule has 0 radical (unpaired) electrons. The Balaban J connectivity index is 2.37. The first-order valence-electron chi connectivity index (χ1n) is 5.74. The van der Waals surface area contributed by atoms with Crippen molar-refractivity contribution < 1.29 is 23.1 Å². The first-order chi connectivity index (χ1) is 9.95. The van der Waals surface area contributed by atoms with Gasteiger partial charge in [-0.1, -0.05) is 0 Å². The average Bonchev–Trinajstić information content (AvgIpc) is 2.83. The molecule has 0 atom stereocenters. The Morgan fingerprint density at radius 1 is 1.24 bits per heavy atom. The zero-order valence-corrected chi connectivity index (χ0v) is 11.8. The van der Waals surface area contributed by atoms with Crippen LogP contribution in [0.2, 0.25) is 0 Å². The molecule has 21 heavy (non-hydrogen) atoms. The molecule has 0 aliphatic heterocycles. The van der Waals surface area contributed by atoms with E-state index in [2.05, 4.69) is 20.9 Å². The second kappa shape index (κ2) is 4.92. The lowest BCUT2D eigenvalue weighted by Gasteiger charge is -2.06. The highest BCUT2D eigenvalue weighted by atomic mass is 79.9. The summed E-state index contributed by atoms with van der Waals surface area (Å²) in [5.41, 5.74) is -0.217. The van der Waals surface area contributed by atoms with E-state index in [0.717, 1.165) is 6.07 Å². The number of fused-ring (bicyclic) bond motifs is 1. The van der Waals surface area contributed by atoms with Gasteiger partial charge in [0.2, 0.25) is 0 Å². The molecule has 2 aromatic heterocycles. The maximum absolute atomic E-state index is 13.8. The Labute approximate surface area is 125 Å². The standard InChI is InChI=1S/C14H6BrF2NO3/c15-12-2-1-11(21-12)9-5-7(14(19)20)13-8(17)3-6(16)4-10(13)18-9/h1-5H,(H,19,20). The number of aromatic nitrogens is 1. The third-order valence-corrected chi connectivity index (χ3v) is 3.31. The van der Waals surface area contributed by atoms with Gasteiger partial charge in [-0.15, -0.1) is 0 Å². The molecule has 3 aromatic rings. The van der Waals surface area contributed by atoms with E-state index in [4.69, 9.17) is 4.42 Å². The van der Waals surface area contributed by atoms with Crippen LogP contribution in [0.5, 0.6) is 0 Å². The first-order valence-corrected chi connectivity index (χ1v) is 6.54. The molecular weight excluding hydrogens is 348 g/mol. The Kier molecular flexibility index (Phi) is 3.21. The van der Waals surface area contributed by atoms with E-state index < -0.39 is 17.6 Å². The van der Waals surface area contributed by atoms with Crippen molar-refractivity contribution in [3.05, 3.63) is 52.2 Å². The Morgan fingerprint density at radius 3 is 2.62 bits per heavy atom. The van der Waals surface area contributed by atoms with E-state index >= 15 is 0 Å². The minimum absolute atomic E-state index is 0.0880. The van der Waals surface area contributed by atoms with Gasteiger partial charge in [-0.25, -0.2) is 18.6 Å². The molecule has 2 heterocycles. The van der Waals surface area contributed by atoms with Gasteiger partial charge in [0.25, 0.3) is 0 Å². The monoisotopic (exact) mass is 353 g/mol. The third-order valence-electron chi connectivity index (χ3n) is 2.88. The molecule has 0 aliphatic rings. The van der Waals surface area contributed by atoms with Crippen LogP contribution in [-0.4, -0.2) is 16.1 Å². The smallest absolute Gasteiger partial charge is 0.336 e. The molecule has 0 fully saturated rings. The normalized spacial score (nSPS) is 11.0. The van der Waals surface area contributed by atoms with Gasteiger partial charge in [0.05, 0.1) is 16.5 Å². The van der Waals surface area contributed by atoms with Crippen LogP contribution >= 0.6 is 15.9 Å². The van der Waals surface area contributed by atoms with Crippen LogP contribution in [0.1, 0.15) is 10.4 Å². The van der Waals surface area contributed by atoms with Gasteiger partial charge in [0.1, 0.15) is 17.3 Å². The van der Waals surface area contributed by atoms with Crippen LogP contribution in [0, 0.1) is 11.6 Å². The number of furan rings is 1. The number of benzene rings is 1. The summed E-state index contributed by atoms with van der Waals surface area (Å²) < 4.78 is 32.9. The van der Waals surface area contributed by atoms with E-state index in [1.165, 1.54) is 6.07 Å². The summed E-state index contributed by atoms with van der Waals surface area (Å²) in [5, 5.41) is 8.99. The number of carboxylic acids is 1. The Bertz CT molecular complexity index is 876. The fourth-order valence-corrected chi connectivity index (χ4v) is 2.34. The molecule has 0 bridgehead atoms. The van der Waals surface area contributed by atoms with Crippen molar-refractivity contribution >= 4 is 32.8 Å². The number of aromatic carboxylic acids is 1. The average molecular weight is 354 g/mol. The van der Waals surface area contributed by atoms with Crippen molar-refractivity contribution in [3.63, 3.8) is 0 Å². The van der Waals surface area contributed by atoms with E-state index in [1.807, 2.05) is 0 Å². The summed E-state index contributed by atoms with van der Waals surface area (Å²) in [5.74, 6) is -2.85. The molecule has 106 valence electrons. The number of hydrogen-bond acceptors (Lipinski definition) is 3. The fourth-order valence-electron chi connectivity index (χ4n) is 2.03. The quantitative estimate of drug-likeness (QED) is 0.748. The highest BCUT2D eigenvalue weighted by Crippen LogP contribution is 2.29. The molecule has 3 rings (SSSR count). The van der Waals surface area contributed by atoms with E-state index in [9.17, 15) is 18.7 Å². The molecule has 0 aliphatic carbocycles. The van der Waals surface area contributed by atoms with Gasteiger partial charge < -0.3 is 9.52 Å². The molecule has 0 unspecified atom stereocenters. The molecule has 0 amide bonds. The van der Waals surface area contributed by atoms with Crippen LogP contribution in [0.3, 0.4) is 0 Å². The summed E-state index contributed by atoms with van der Waals surface area (Å²) in [6, 6.07) is 5.97. The second-order valence-corrected chi connectivity index (χ2v) is 5.03. The van der Waals surface area contributed by atoms with Gasteiger partial charge in [-0.3, -0.25) is 0 Å². The van der Waals surface area contributed by atoms with Crippen molar-refractivity contribution in [1.29, 1.82) is 0 Å². The molecule has 4 nitrogen and oxygen atoms in total. The number of halogens is 3. The van der Waals surface area contributed by atoms with E-state index in [0.29, 0.717) is 10.7 Å².